The maximum atomic E-state index is 12.1. The van der Waals surface area contributed by atoms with Crippen molar-refractivity contribution in [2.45, 2.75) is 44.2 Å². The molecule has 5 nitrogen and oxygen atoms in total. The molecule has 1 aromatic heterocycles. The maximum absolute atomic E-state index is 12.1. The molecule has 0 aromatic carbocycles. The number of piperidine rings is 1. The Morgan fingerprint density at radius 3 is 2.86 bits per heavy atom. The van der Waals surface area contributed by atoms with Crippen LogP contribution in [0, 0.1) is 0 Å². The molecule has 0 spiro atoms. The van der Waals surface area contributed by atoms with Crippen molar-refractivity contribution in [2.24, 2.45) is 0 Å². The van der Waals surface area contributed by atoms with E-state index >= 15 is 0 Å². The van der Waals surface area contributed by atoms with Crippen LogP contribution < -0.4 is 5.32 Å². The van der Waals surface area contributed by atoms with Crippen LogP contribution in [0.5, 0.6) is 0 Å². The van der Waals surface area contributed by atoms with Gasteiger partial charge in [-0.05, 0) is 37.8 Å². The summed E-state index contributed by atoms with van der Waals surface area (Å²) in [6, 6.07) is 5.98. The molecule has 3 heterocycles. The summed E-state index contributed by atoms with van der Waals surface area (Å²) in [5, 5.41) is 3.14. The molecular weight excluding hydrogens is 278 g/mol. The Kier molecular flexibility index (Phi) is 5.40. The van der Waals surface area contributed by atoms with E-state index in [1.807, 2.05) is 18.2 Å². The molecule has 2 fully saturated rings. The molecule has 2 saturated heterocycles. The van der Waals surface area contributed by atoms with Gasteiger partial charge in [-0.25, -0.2) is 0 Å². The van der Waals surface area contributed by atoms with Crippen LogP contribution in [-0.4, -0.2) is 54.2 Å². The van der Waals surface area contributed by atoms with Crippen molar-refractivity contribution in [1.82, 2.24) is 15.2 Å². The Hall–Kier alpha value is -1.46. The summed E-state index contributed by atoms with van der Waals surface area (Å²) in [5.41, 5.74) is 0.829. The minimum atomic E-state index is 0.0799. The molecule has 2 aliphatic rings. The van der Waals surface area contributed by atoms with Crippen molar-refractivity contribution < 1.29 is 9.53 Å². The largest absolute Gasteiger partial charge is 0.377 e. The number of carbonyl (C=O) groups excluding carboxylic acids is 1. The molecule has 1 N–H and O–H groups in total. The lowest BCUT2D eigenvalue weighted by molar-refractivity contribution is -0.121. The minimum absolute atomic E-state index is 0.0799. The van der Waals surface area contributed by atoms with E-state index in [0.717, 1.165) is 44.8 Å². The number of amides is 1. The smallest absolute Gasteiger partial charge is 0.226 e. The fraction of sp³-hybridized carbons (Fsp3) is 0.647. The Labute approximate surface area is 132 Å². The Morgan fingerprint density at radius 1 is 1.32 bits per heavy atom. The number of likely N-dealkylation sites (tertiary alicyclic amines) is 1. The van der Waals surface area contributed by atoms with Crippen LogP contribution in [0.2, 0.25) is 0 Å². The van der Waals surface area contributed by atoms with Gasteiger partial charge in [-0.2, -0.15) is 0 Å². The van der Waals surface area contributed by atoms with Crippen LogP contribution in [-0.2, 0) is 16.0 Å². The fourth-order valence-electron chi connectivity index (χ4n) is 3.28. The topological polar surface area (TPSA) is 54.5 Å². The molecule has 0 unspecified atom stereocenters. The normalized spacial score (nSPS) is 23.5. The average Bonchev–Trinajstić information content (AvgIpc) is 3.03. The zero-order chi connectivity index (χ0) is 15.2. The van der Waals surface area contributed by atoms with E-state index in [0.29, 0.717) is 18.6 Å². The molecule has 0 aliphatic carbocycles. The lowest BCUT2D eigenvalue weighted by Gasteiger charge is -2.33. The van der Waals surface area contributed by atoms with E-state index in [4.69, 9.17) is 4.74 Å². The van der Waals surface area contributed by atoms with Crippen LogP contribution in [0.25, 0.3) is 0 Å². The van der Waals surface area contributed by atoms with Crippen molar-refractivity contribution in [2.75, 3.05) is 26.2 Å². The molecule has 0 saturated carbocycles. The van der Waals surface area contributed by atoms with Gasteiger partial charge in [0.25, 0.3) is 0 Å². The third-order valence-electron chi connectivity index (χ3n) is 4.51. The van der Waals surface area contributed by atoms with Gasteiger partial charge in [0, 0.05) is 44.2 Å². The van der Waals surface area contributed by atoms with E-state index in [9.17, 15) is 4.79 Å². The monoisotopic (exact) mass is 303 g/mol. The molecule has 0 bridgehead atoms. The van der Waals surface area contributed by atoms with Gasteiger partial charge in [-0.3, -0.25) is 9.78 Å². The predicted molar refractivity (Wildman–Crippen MR) is 84.5 cm³/mol. The van der Waals surface area contributed by atoms with Gasteiger partial charge < -0.3 is 15.0 Å². The van der Waals surface area contributed by atoms with Crippen molar-refractivity contribution in [1.29, 1.82) is 0 Å². The van der Waals surface area contributed by atoms with Crippen molar-refractivity contribution in [3.8, 4) is 0 Å². The number of nitrogens with one attached hydrogen (secondary N) is 1. The summed E-state index contributed by atoms with van der Waals surface area (Å²) in [7, 11) is 0. The van der Waals surface area contributed by atoms with Crippen molar-refractivity contribution in [3.05, 3.63) is 30.1 Å². The van der Waals surface area contributed by atoms with E-state index < -0.39 is 0 Å². The minimum Gasteiger partial charge on any atom is -0.377 e. The molecule has 1 amide bonds. The SMILES string of the molecule is O=C(Cc1ccccn1)NC1CCN(C[C@H]2CCCO2)CC1. The van der Waals surface area contributed by atoms with E-state index in [2.05, 4.69) is 15.2 Å². The van der Waals surface area contributed by atoms with Gasteiger partial charge in [-0.1, -0.05) is 6.07 Å². The lowest BCUT2D eigenvalue weighted by atomic mass is 10.0. The van der Waals surface area contributed by atoms with Gasteiger partial charge in [0.05, 0.1) is 12.5 Å². The zero-order valence-corrected chi connectivity index (χ0v) is 13.0. The van der Waals surface area contributed by atoms with E-state index in [1.165, 1.54) is 12.8 Å². The van der Waals surface area contributed by atoms with Crippen molar-refractivity contribution in [3.63, 3.8) is 0 Å². The van der Waals surface area contributed by atoms with E-state index in [1.54, 1.807) is 6.20 Å². The number of ether oxygens (including phenoxy) is 1. The first kappa shape index (κ1) is 15.4. The highest BCUT2D eigenvalue weighted by Crippen LogP contribution is 2.17. The number of aromatic nitrogens is 1. The predicted octanol–water partition coefficient (Wildman–Crippen LogP) is 1.38. The first-order valence-corrected chi connectivity index (χ1v) is 8.33. The van der Waals surface area contributed by atoms with Crippen LogP contribution in [0.15, 0.2) is 24.4 Å². The Morgan fingerprint density at radius 2 is 2.18 bits per heavy atom. The molecule has 1 aromatic rings. The van der Waals surface area contributed by atoms with Gasteiger partial charge in [0.1, 0.15) is 0 Å². The first-order chi connectivity index (χ1) is 10.8. The highest BCUT2D eigenvalue weighted by molar-refractivity contribution is 5.78. The van der Waals surface area contributed by atoms with Gasteiger partial charge in [-0.15, -0.1) is 0 Å². The molecule has 3 rings (SSSR count). The molecule has 0 radical (unpaired) electrons. The first-order valence-electron chi connectivity index (χ1n) is 8.33. The molecule has 5 heteroatoms. The Balaban J connectivity index is 1.37. The van der Waals surface area contributed by atoms with Gasteiger partial charge >= 0.3 is 0 Å². The molecule has 1 atom stereocenters. The molecular formula is C17H25N3O2. The molecule has 22 heavy (non-hydrogen) atoms. The number of hydrogen-bond acceptors (Lipinski definition) is 4. The summed E-state index contributed by atoms with van der Waals surface area (Å²) >= 11 is 0. The summed E-state index contributed by atoms with van der Waals surface area (Å²) < 4.78 is 5.70. The average molecular weight is 303 g/mol. The van der Waals surface area contributed by atoms with Crippen LogP contribution in [0.3, 0.4) is 0 Å². The zero-order valence-electron chi connectivity index (χ0n) is 13.0. The quantitative estimate of drug-likeness (QED) is 0.893. The molecule has 2 aliphatic heterocycles. The summed E-state index contributed by atoms with van der Waals surface area (Å²) in [4.78, 5) is 18.7. The number of nitrogens with zero attached hydrogens (tertiary/aromatic N) is 2. The van der Waals surface area contributed by atoms with Crippen LogP contribution >= 0.6 is 0 Å². The number of carbonyl (C=O) groups is 1. The lowest BCUT2D eigenvalue weighted by Crippen LogP contribution is -2.46. The fourth-order valence-corrected chi connectivity index (χ4v) is 3.28. The van der Waals surface area contributed by atoms with Gasteiger partial charge in [0.2, 0.25) is 5.91 Å². The number of hydrogen-bond donors (Lipinski definition) is 1. The number of pyridine rings is 1. The van der Waals surface area contributed by atoms with E-state index in [-0.39, 0.29) is 5.91 Å². The standard InChI is InChI=1S/C17H25N3O2/c21-17(12-15-4-1-2-8-18-15)19-14-6-9-20(10-7-14)13-16-5-3-11-22-16/h1-2,4,8,14,16H,3,5-7,9-13H2,(H,19,21)/t16-/m1/s1. The highest BCUT2D eigenvalue weighted by atomic mass is 16.5. The second-order valence-corrected chi connectivity index (χ2v) is 6.28. The van der Waals surface area contributed by atoms with Crippen molar-refractivity contribution >= 4 is 5.91 Å². The molecule has 120 valence electrons. The van der Waals surface area contributed by atoms with Crippen LogP contribution in [0.4, 0.5) is 0 Å². The van der Waals surface area contributed by atoms with Crippen LogP contribution in [0.1, 0.15) is 31.4 Å². The van der Waals surface area contributed by atoms with Gasteiger partial charge in [0.15, 0.2) is 0 Å². The maximum Gasteiger partial charge on any atom is 0.226 e. The third kappa shape index (κ3) is 4.52. The number of rotatable bonds is 5. The second kappa shape index (κ2) is 7.70. The summed E-state index contributed by atoms with van der Waals surface area (Å²) in [6.07, 6.45) is 6.98. The highest BCUT2D eigenvalue weighted by Gasteiger charge is 2.24. The summed E-state index contributed by atoms with van der Waals surface area (Å²) in [5.74, 6) is 0.0799. The Bertz CT molecular complexity index is 466. The second-order valence-electron chi connectivity index (χ2n) is 6.28. The third-order valence-corrected chi connectivity index (χ3v) is 4.51. The summed E-state index contributed by atoms with van der Waals surface area (Å²) in [6.45, 7) is 4.07.